The number of pyridine rings is 1. The SMILES string of the molecule is O=C(CCc1ccc(F)cc1)Nc1cnn(-c2ccncc2)c1. The van der Waals surface area contributed by atoms with Crippen LogP contribution in [0, 0.1) is 5.82 Å². The van der Waals surface area contributed by atoms with Gasteiger partial charge in [-0.15, -0.1) is 0 Å². The minimum Gasteiger partial charge on any atom is -0.323 e. The minimum atomic E-state index is -0.276. The Kier molecular flexibility index (Phi) is 4.42. The Morgan fingerprint density at radius 3 is 2.61 bits per heavy atom. The van der Waals surface area contributed by atoms with Crippen molar-refractivity contribution in [2.24, 2.45) is 0 Å². The van der Waals surface area contributed by atoms with Crippen LogP contribution in [-0.2, 0) is 11.2 Å². The third-order valence-electron chi connectivity index (χ3n) is 3.35. The summed E-state index contributed by atoms with van der Waals surface area (Å²) in [5, 5.41) is 7.00. The lowest BCUT2D eigenvalue weighted by atomic mass is 10.1. The lowest BCUT2D eigenvalue weighted by Gasteiger charge is -2.03. The molecular weight excluding hydrogens is 295 g/mol. The van der Waals surface area contributed by atoms with E-state index in [0.717, 1.165) is 11.3 Å². The lowest BCUT2D eigenvalue weighted by Crippen LogP contribution is -2.11. The number of benzene rings is 1. The molecule has 1 aromatic carbocycles. The van der Waals surface area contributed by atoms with E-state index in [1.807, 2.05) is 12.1 Å². The first-order valence-corrected chi connectivity index (χ1v) is 7.20. The van der Waals surface area contributed by atoms with Gasteiger partial charge in [0, 0.05) is 18.8 Å². The van der Waals surface area contributed by atoms with E-state index in [4.69, 9.17) is 0 Å². The molecule has 23 heavy (non-hydrogen) atoms. The van der Waals surface area contributed by atoms with E-state index >= 15 is 0 Å². The number of carbonyl (C=O) groups excluding carboxylic acids is 1. The van der Waals surface area contributed by atoms with Crippen molar-refractivity contribution in [3.05, 3.63) is 72.6 Å². The average Bonchev–Trinajstić information content (AvgIpc) is 3.04. The highest BCUT2D eigenvalue weighted by molar-refractivity contribution is 5.90. The molecule has 0 saturated heterocycles. The molecule has 2 aromatic heterocycles. The zero-order valence-electron chi connectivity index (χ0n) is 12.3. The van der Waals surface area contributed by atoms with Crippen molar-refractivity contribution in [3.8, 4) is 5.69 Å². The van der Waals surface area contributed by atoms with Crippen molar-refractivity contribution in [3.63, 3.8) is 0 Å². The zero-order valence-corrected chi connectivity index (χ0v) is 12.3. The first-order valence-electron chi connectivity index (χ1n) is 7.20. The van der Waals surface area contributed by atoms with Crippen molar-refractivity contribution in [2.45, 2.75) is 12.8 Å². The van der Waals surface area contributed by atoms with Gasteiger partial charge in [0.2, 0.25) is 5.91 Å². The Morgan fingerprint density at radius 1 is 1.13 bits per heavy atom. The van der Waals surface area contributed by atoms with E-state index in [9.17, 15) is 9.18 Å². The molecule has 116 valence electrons. The van der Waals surface area contributed by atoms with Gasteiger partial charge < -0.3 is 5.32 Å². The van der Waals surface area contributed by atoms with E-state index in [1.54, 1.807) is 41.6 Å². The number of hydrogen-bond acceptors (Lipinski definition) is 3. The van der Waals surface area contributed by atoms with Crippen LogP contribution in [0.25, 0.3) is 5.69 Å². The molecule has 1 amide bonds. The van der Waals surface area contributed by atoms with Crippen molar-refractivity contribution in [1.29, 1.82) is 0 Å². The van der Waals surface area contributed by atoms with Crippen LogP contribution in [-0.4, -0.2) is 20.7 Å². The predicted molar refractivity (Wildman–Crippen MR) is 84.7 cm³/mol. The molecule has 5 nitrogen and oxygen atoms in total. The monoisotopic (exact) mass is 310 g/mol. The smallest absolute Gasteiger partial charge is 0.224 e. The summed E-state index contributed by atoms with van der Waals surface area (Å²) in [6.07, 6.45) is 7.58. The molecule has 0 aliphatic rings. The summed E-state index contributed by atoms with van der Waals surface area (Å²) in [7, 11) is 0. The number of aromatic nitrogens is 3. The standard InChI is InChI=1S/C17H15FN4O/c18-14-4-1-13(2-5-14)3-6-17(23)21-15-11-20-22(12-15)16-7-9-19-10-8-16/h1-2,4-5,7-12H,3,6H2,(H,21,23). The second kappa shape index (κ2) is 6.83. The molecule has 0 spiro atoms. The van der Waals surface area contributed by atoms with E-state index < -0.39 is 0 Å². The predicted octanol–water partition coefficient (Wildman–Crippen LogP) is 2.98. The van der Waals surface area contributed by atoms with Crippen LogP contribution in [0.2, 0.25) is 0 Å². The summed E-state index contributed by atoms with van der Waals surface area (Å²) in [6.45, 7) is 0. The van der Waals surface area contributed by atoms with Crippen molar-refractivity contribution >= 4 is 11.6 Å². The summed E-state index contributed by atoms with van der Waals surface area (Å²) >= 11 is 0. The van der Waals surface area contributed by atoms with Crippen molar-refractivity contribution < 1.29 is 9.18 Å². The third-order valence-corrected chi connectivity index (χ3v) is 3.35. The molecule has 0 aliphatic carbocycles. The van der Waals surface area contributed by atoms with Crippen LogP contribution in [0.3, 0.4) is 0 Å². The van der Waals surface area contributed by atoms with Gasteiger partial charge in [0.15, 0.2) is 0 Å². The minimum absolute atomic E-state index is 0.108. The van der Waals surface area contributed by atoms with Crippen LogP contribution < -0.4 is 5.32 Å². The third kappa shape index (κ3) is 4.00. The Bertz CT molecular complexity index is 784. The largest absolute Gasteiger partial charge is 0.323 e. The Hall–Kier alpha value is -3.02. The maximum atomic E-state index is 12.8. The molecule has 0 radical (unpaired) electrons. The number of anilines is 1. The van der Waals surface area contributed by atoms with Crippen LogP contribution in [0.5, 0.6) is 0 Å². The molecule has 3 rings (SSSR count). The normalized spacial score (nSPS) is 10.5. The van der Waals surface area contributed by atoms with E-state index in [-0.39, 0.29) is 11.7 Å². The summed E-state index contributed by atoms with van der Waals surface area (Å²) in [5.74, 6) is -0.384. The van der Waals surface area contributed by atoms with Crippen molar-refractivity contribution in [2.75, 3.05) is 5.32 Å². The number of carbonyl (C=O) groups is 1. The Balaban J connectivity index is 1.56. The highest BCUT2D eigenvalue weighted by atomic mass is 19.1. The van der Waals surface area contributed by atoms with Gasteiger partial charge in [-0.1, -0.05) is 12.1 Å². The fourth-order valence-corrected chi connectivity index (χ4v) is 2.16. The fourth-order valence-electron chi connectivity index (χ4n) is 2.16. The first kappa shape index (κ1) is 14.9. The summed E-state index contributed by atoms with van der Waals surface area (Å²) < 4.78 is 14.5. The van der Waals surface area contributed by atoms with Gasteiger partial charge in [0.1, 0.15) is 5.82 Å². The highest BCUT2D eigenvalue weighted by Crippen LogP contribution is 2.12. The fraction of sp³-hybridized carbons (Fsp3) is 0.118. The number of rotatable bonds is 5. The molecule has 0 bridgehead atoms. The highest BCUT2D eigenvalue weighted by Gasteiger charge is 2.06. The van der Waals surface area contributed by atoms with Crippen LogP contribution >= 0.6 is 0 Å². The van der Waals surface area contributed by atoms with Crippen LogP contribution in [0.1, 0.15) is 12.0 Å². The van der Waals surface area contributed by atoms with E-state index in [2.05, 4.69) is 15.4 Å². The van der Waals surface area contributed by atoms with Gasteiger partial charge in [0.05, 0.1) is 23.8 Å². The van der Waals surface area contributed by atoms with Gasteiger partial charge >= 0.3 is 0 Å². The lowest BCUT2D eigenvalue weighted by molar-refractivity contribution is -0.116. The van der Waals surface area contributed by atoms with Gasteiger partial charge in [-0.2, -0.15) is 5.10 Å². The number of halogens is 1. The molecule has 0 saturated carbocycles. The number of nitrogens with zero attached hydrogens (tertiary/aromatic N) is 3. The number of hydrogen-bond donors (Lipinski definition) is 1. The molecular formula is C17H15FN4O. The molecule has 3 aromatic rings. The van der Waals surface area contributed by atoms with E-state index in [1.165, 1.54) is 12.1 Å². The molecule has 0 atom stereocenters. The first-order chi connectivity index (χ1) is 11.2. The van der Waals surface area contributed by atoms with Gasteiger partial charge in [-0.05, 0) is 36.2 Å². The zero-order chi connectivity index (χ0) is 16.1. The number of nitrogens with one attached hydrogen (secondary N) is 1. The maximum absolute atomic E-state index is 12.8. The summed E-state index contributed by atoms with van der Waals surface area (Å²) in [6, 6.07) is 9.81. The average molecular weight is 310 g/mol. The molecule has 1 N–H and O–H groups in total. The topological polar surface area (TPSA) is 59.8 Å². The molecule has 0 fully saturated rings. The number of aryl methyl sites for hydroxylation is 1. The molecule has 0 unspecified atom stereocenters. The Morgan fingerprint density at radius 2 is 1.87 bits per heavy atom. The van der Waals surface area contributed by atoms with Gasteiger partial charge in [-0.3, -0.25) is 9.78 Å². The van der Waals surface area contributed by atoms with E-state index in [0.29, 0.717) is 18.5 Å². The van der Waals surface area contributed by atoms with Crippen LogP contribution in [0.15, 0.2) is 61.2 Å². The molecule has 2 heterocycles. The quantitative estimate of drug-likeness (QED) is 0.788. The van der Waals surface area contributed by atoms with Gasteiger partial charge in [-0.25, -0.2) is 9.07 Å². The molecule has 0 aliphatic heterocycles. The summed E-state index contributed by atoms with van der Waals surface area (Å²) in [4.78, 5) is 15.9. The van der Waals surface area contributed by atoms with Gasteiger partial charge in [0.25, 0.3) is 0 Å². The summed E-state index contributed by atoms with van der Waals surface area (Å²) in [5.41, 5.74) is 2.42. The Labute approximate surface area is 132 Å². The second-order valence-corrected chi connectivity index (χ2v) is 5.05. The van der Waals surface area contributed by atoms with Crippen molar-refractivity contribution in [1.82, 2.24) is 14.8 Å². The number of amides is 1. The second-order valence-electron chi connectivity index (χ2n) is 5.05. The van der Waals surface area contributed by atoms with Crippen LogP contribution in [0.4, 0.5) is 10.1 Å². The molecule has 6 heteroatoms. The maximum Gasteiger partial charge on any atom is 0.224 e.